The Balaban J connectivity index is 2.18. The molecule has 0 aliphatic heterocycles. The lowest BCUT2D eigenvalue weighted by Crippen LogP contribution is -2.39. The van der Waals surface area contributed by atoms with Gasteiger partial charge in [0.2, 0.25) is 0 Å². The Morgan fingerprint density at radius 1 is 1.50 bits per heavy atom. The number of rotatable bonds is 7. The van der Waals surface area contributed by atoms with Crippen molar-refractivity contribution in [3.8, 4) is 0 Å². The molecule has 0 aromatic rings. The summed E-state index contributed by atoms with van der Waals surface area (Å²) < 4.78 is 5.21. The standard InChI is InChI=1S/C11H21NO2/c1-2-6-14-8-10(13)7-11(9-12)4-3-5-11/h2-9,12H2,1H3. The summed E-state index contributed by atoms with van der Waals surface area (Å²) in [7, 11) is 0. The molecule has 1 rings (SSSR count). The van der Waals surface area contributed by atoms with Crippen LogP contribution in [0.2, 0.25) is 0 Å². The first-order chi connectivity index (χ1) is 6.72. The number of nitrogens with two attached hydrogens (primary N) is 1. The predicted molar refractivity (Wildman–Crippen MR) is 56.1 cm³/mol. The van der Waals surface area contributed by atoms with E-state index in [0.717, 1.165) is 19.3 Å². The zero-order valence-electron chi connectivity index (χ0n) is 9.05. The van der Waals surface area contributed by atoms with Gasteiger partial charge in [0.1, 0.15) is 6.61 Å². The van der Waals surface area contributed by atoms with E-state index in [0.29, 0.717) is 19.6 Å². The largest absolute Gasteiger partial charge is 0.374 e. The first-order valence-electron chi connectivity index (χ1n) is 5.52. The molecule has 14 heavy (non-hydrogen) atoms. The van der Waals surface area contributed by atoms with Gasteiger partial charge in [-0.3, -0.25) is 4.79 Å². The van der Waals surface area contributed by atoms with Crippen LogP contribution in [0.3, 0.4) is 0 Å². The minimum atomic E-state index is 0.132. The van der Waals surface area contributed by atoms with Gasteiger partial charge in [-0.2, -0.15) is 0 Å². The van der Waals surface area contributed by atoms with E-state index in [2.05, 4.69) is 0 Å². The van der Waals surface area contributed by atoms with Gasteiger partial charge >= 0.3 is 0 Å². The Morgan fingerprint density at radius 3 is 2.64 bits per heavy atom. The van der Waals surface area contributed by atoms with Gasteiger partial charge in [0.25, 0.3) is 0 Å². The SMILES string of the molecule is CCCOCC(=O)CC1(CN)CCC1. The Bertz CT molecular complexity index is 182. The first kappa shape index (κ1) is 11.7. The molecule has 3 nitrogen and oxygen atoms in total. The normalized spacial score (nSPS) is 19.0. The summed E-state index contributed by atoms with van der Waals surface area (Å²) in [6.45, 7) is 3.64. The Labute approximate surface area is 86.0 Å². The number of hydrogen-bond acceptors (Lipinski definition) is 3. The topological polar surface area (TPSA) is 52.3 Å². The molecule has 0 radical (unpaired) electrons. The van der Waals surface area contributed by atoms with Crippen LogP contribution in [0.1, 0.15) is 39.0 Å². The zero-order chi connectivity index (χ0) is 10.4. The quantitative estimate of drug-likeness (QED) is 0.632. The van der Waals surface area contributed by atoms with Gasteiger partial charge in [-0.1, -0.05) is 13.3 Å². The first-order valence-corrected chi connectivity index (χ1v) is 5.52. The molecule has 0 aromatic carbocycles. The molecule has 0 saturated heterocycles. The summed E-state index contributed by atoms with van der Waals surface area (Å²) in [6, 6.07) is 0. The smallest absolute Gasteiger partial charge is 0.159 e. The summed E-state index contributed by atoms with van der Waals surface area (Å²) in [5.74, 6) is 0.212. The molecule has 1 fully saturated rings. The van der Waals surface area contributed by atoms with E-state index in [4.69, 9.17) is 10.5 Å². The molecule has 0 bridgehead atoms. The second-order valence-corrected chi connectivity index (χ2v) is 4.33. The molecule has 1 aliphatic rings. The maximum absolute atomic E-state index is 11.5. The molecule has 0 atom stereocenters. The minimum absolute atomic E-state index is 0.132. The van der Waals surface area contributed by atoms with E-state index in [9.17, 15) is 4.79 Å². The van der Waals surface area contributed by atoms with Crippen LogP contribution >= 0.6 is 0 Å². The predicted octanol–water partition coefficient (Wildman–Crippen LogP) is 1.50. The highest BCUT2D eigenvalue weighted by Crippen LogP contribution is 2.42. The van der Waals surface area contributed by atoms with E-state index in [1.807, 2.05) is 6.92 Å². The van der Waals surface area contributed by atoms with Crippen molar-refractivity contribution >= 4 is 5.78 Å². The molecule has 82 valence electrons. The number of carbonyl (C=O) groups excluding carboxylic acids is 1. The molecule has 1 saturated carbocycles. The second-order valence-electron chi connectivity index (χ2n) is 4.33. The summed E-state index contributed by atoms with van der Waals surface area (Å²) >= 11 is 0. The van der Waals surface area contributed by atoms with Crippen LogP contribution in [-0.2, 0) is 9.53 Å². The third kappa shape index (κ3) is 3.07. The Morgan fingerprint density at radius 2 is 2.21 bits per heavy atom. The van der Waals surface area contributed by atoms with Gasteiger partial charge in [-0.05, 0) is 31.2 Å². The van der Waals surface area contributed by atoms with Crippen molar-refractivity contribution in [2.24, 2.45) is 11.1 Å². The van der Waals surface area contributed by atoms with Crippen LogP contribution in [0.4, 0.5) is 0 Å². The Kier molecular flexibility index (Phi) is 4.55. The molecule has 0 spiro atoms. The molecule has 0 aromatic heterocycles. The monoisotopic (exact) mass is 199 g/mol. The van der Waals surface area contributed by atoms with E-state index in [1.54, 1.807) is 0 Å². The van der Waals surface area contributed by atoms with Gasteiger partial charge in [-0.15, -0.1) is 0 Å². The van der Waals surface area contributed by atoms with Gasteiger partial charge in [0.05, 0.1) is 0 Å². The van der Waals surface area contributed by atoms with Crippen LogP contribution in [0.15, 0.2) is 0 Å². The molecule has 0 amide bonds. The number of carbonyl (C=O) groups is 1. The van der Waals surface area contributed by atoms with Crippen LogP contribution in [0.5, 0.6) is 0 Å². The Hall–Kier alpha value is -0.410. The molecular formula is C11H21NO2. The third-order valence-electron chi connectivity index (χ3n) is 3.03. The maximum Gasteiger partial charge on any atom is 0.159 e. The van der Waals surface area contributed by atoms with Crippen LogP contribution in [-0.4, -0.2) is 25.5 Å². The van der Waals surface area contributed by atoms with Crippen molar-refractivity contribution < 1.29 is 9.53 Å². The summed E-state index contributed by atoms with van der Waals surface area (Å²) in [4.78, 5) is 11.5. The van der Waals surface area contributed by atoms with Crippen molar-refractivity contribution in [2.75, 3.05) is 19.8 Å². The maximum atomic E-state index is 11.5. The minimum Gasteiger partial charge on any atom is -0.374 e. The summed E-state index contributed by atoms with van der Waals surface area (Å²) in [5, 5.41) is 0. The van der Waals surface area contributed by atoms with Crippen molar-refractivity contribution in [1.29, 1.82) is 0 Å². The van der Waals surface area contributed by atoms with Crippen molar-refractivity contribution in [1.82, 2.24) is 0 Å². The molecule has 0 heterocycles. The average molecular weight is 199 g/mol. The van der Waals surface area contributed by atoms with E-state index < -0.39 is 0 Å². The number of Topliss-reactive ketones (excluding diaryl/α,β-unsaturated/α-hetero) is 1. The molecule has 3 heteroatoms. The van der Waals surface area contributed by atoms with E-state index in [-0.39, 0.29) is 17.8 Å². The lowest BCUT2D eigenvalue weighted by molar-refractivity contribution is -0.127. The third-order valence-corrected chi connectivity index (χ3v) is 3.03. The van der Waals surface area contributed by atoms with Crippen molar-refractivity contribution in [2.45, 2.75) is 39.0 Å². The van der Waals surface area contributed by atoms with Crippen LogP contribution in [0, 0.1) is 5.41 Å². The average Bonchev–Trinajstić information content (AvgIpc) is 2.12. The highest BCUT2D eigenvalue weighted by Gasteiger charge is 2.37. The summed E-state index contributed by atoms with van der Waals surface area (Å²) in [6.07, 6.45) is 5.04. The highest BCUT2D eigenvalue weighted by atomic mass is 16.5. The van der Waals surface area contributed by atoms with Crippen LogP contribution in [0.25, 0.3) is 0 Å². The molecular weight excluding hydrogens is 178 g/mol. The van der Waals surface area contributed by atoms with Gasteiger partial charge in [0, 0.05) is 13.0 Å². The van der Waals surface area contributed by atoms with Crippen molar-refractivity contribution in [3.63, 3.8) is 0 Å². The number of hydrogen-bond donors (Lipinski definition) is 1. The molecule has 0 unspecified atom stereocenters. The van der Waals surface area contributed by atoms with Gasteiger partial charge in [-0.25, -0.2) is 0 Å². The number of ether oxygens (including phenoxy) is 1. The fraction of sp³-hybridized carbons (Fsp3) is 0.909. The fourth-order valence-corrected chi connectivity index (χ4v) is 1.93. The van der Waals surface area contributed by atoms with Gasteiger partial charge < -0.3 is 10.5 Å². The molecule has 2 N–H and O–H groups in total. The second kappa shape index (κ2) is 5.47. The lowest BCUT2D eigenvalue weighted by Gasteiger charge is -2.40. The van der Waals surface area contributed by atoms with E-state index >= 15 is 0 Å². The highest BCUT2D eigenvalue weighted by molar-refractivity contribution is 5.80. The van der Waals surface area contributed by atoms with E-state index in [1.165, 1.54) is 6.42 Å². The molecule has 1 aliphatic carbocycles. The number of ketones is 1. The zero-order valence-corrected chi connectivity index (χ0v) is 9.05. The van der Waals surface area contributed by atoms with Crippen LogP contribution < -0.4 is 5.73 Å². The van der Waals surface area contributed by atoms with Crippen molar-refractivity contribution in [3.05, 3.63) is 0 Å². The van der Waals surface area contributed by atoms with Gasteiger partial charge in [0.15, 0.2) is 5.78 Å². The fourth-order valence-electron chi connectivity index (χ4n) is 1.93. The summed E-state index contributed by atoms with van der Waals surface area (Å²) in [5.41, 5.74) is 5.81. The lowest BCUT2D eigenvalue weighted by atomic mass is 9.66.